The van der Waals surface area contributed by atoms with E-state index >= 15 is 0 Å². The topological polar surface area (TPSA) is 104 Å². The number of phenols is 2. The summed E-state index contributed by atoms with van der Waals surface area (Å²) in [6.07, 6.45) is 2.63. The lowest BCUT2D eigenvalue weighted by molar-refractivity contribution is 0.0952. The van der Waals surface area contributed by atoms with E-state index in [-0.39, 0.29) is 17.4 Å². The van der Waals surface area contributed by atoms with Crippen LogP contribution >= 0.6 is 0 Å². The number of aromatic hydroxyl groups is 2. The average Bonchev–Trinajstić information content (AvgIpc) is 3.26. The second-order valence-electron chi connectivity index (χ2n) is 6.94. The fraction of sp³-hybridized carbons (Fsp3) is 0.318. The van der Waals surface area contributed by atoms with Crippen molar-refractivity contribution in [2.24, 2.45) is 0 Å². The van der Waals surface area contributed by atoms with Gasteiger partial charge in [-0.05, 0) is 68.5 Å². The largest absolute Gasteiger partial charge is 0.504 e. The maximum Gasteiger partial charge on any atom is 0.251 e. The number of hydrogen-bond acceptors (Lipinski definition) is 6. The highest BCUT2D eigenvalue weighted by atomic mass is 16.3. The third-order valence-corrected chi connectivity index (χ3v) is 4.99. The van der Waals surface area contributed by atoms with Crippen LogP contribution in [0.5, 0.6) is 11.5 Å². The standard InChI is InChI=1S/C22H27N5O3/c1-3-26(4-2)13-5-12-23-22(30)16-6-9-18(10-7-16)27-15-19(24-25-27)17-8-11-20(28)21(29)14-17/h6-11,14-15,28-29H,3-5,12-13H2,1-2H3,(H,23,30). The van der Waals surface area contributed by atoms with E-state index in [9.17, 15) is 15.0 Å². The zero-order valence-corrected chi connectivity index (χ0v) is 17.2. The Balaban J connectivity index is 1.60. The number of carbonyl (C=O) groups excluding carboxylic acids is 1. The van der Waals surface area contributed by atoms with Gasteiger partial charge in [-0.15, -0.1) is 5.10 Å². The normalized spacial score (nSPS) is 11.0. The smallest absolute Gasteiger partial charge is 0.251 e. The Hall–Kier alpha value is -3.39. The quantitative estimate of drug-likeness (QED) is 0.371. The van der Waals surface area contributed by atoms with Gasteiger partial charge in [0, 0.05) is 17.7 Å². The van der Waals surface area contributed by atoms with Gasteiger partial charge in [0.2, 0.25) is 0 Å². The van der Waals surface area contributed by atoms with Gasteiger partial charge in [0.1, 0.15) is 5.69 Å². The van der Waals surface area contributed by atoms with Crippen molar-refractivity contribution in [3.05, 3.63) is 54.2 Å². The van der Waals surface area contributed by atoms with Crippen molar-refractivity contribution >= 4 is 5.91 Å². The third-order valence-electron chi connectivity index (χ3n) is 4.99. The first-order valence-corrected chi connectivity index (χ1v) is 10.1. The predicted molar refractivity (Wildman–Crippen MR) is 115 cm³/mol. The first kappa shape index (κ1) is 21.3. The lowest BCUT2D eigenvalue weighted by atomic mass is 10.1. The summed E-state index contributed by atoms with van der Waals surface area (Å²) >= 11 is 0. The van der Waals surface area contributed by atoms with Crippen molar-refractivity contribution in [3.63, 3.8) is 0 Å². The number of phenolic OH excluding ortho intramolecular Hbond substituents is 2. The zero-order chi connectivity index (χ0) is 21.5. The van der Waals surface area contributed by atoms with Crippen molar-refractivity contribution < 1.29 is 15.0 Å². The summed E-state index contributed by atoms with van der Waals surface area (Å²) < 4.78 is 1.59. The van der Waals surface area contributed by atoms with Gasteiger partial charge in [0.05, 0.1) is 11.9 Å². The van der Waals surface area contributed by atoms with E-state index in [2.05, 4.69) is 34.4 Å². The second-order valence-corrected chi connectivity index (χ2v) is 6.94. The summed E-state index contributed by atoms with van der Waals surface area (Å²) in [7, 11) is 0. The molecule has 0 saturated heterocycles. The number of carbonyl (C=O) groups is 1. The Morgan fingerprint density at radius 3 is 2.47 bits per heavy atom. The molecule has 1 heterocycles. The van der Waals surface area contributed by atoms with Crippen LogP contribution in [0.2, 0.25) is 0 Å². The Bertz CT molecular complexity index is 981. The Morgan fingerprint density at radius 2 is 1.80 bits per heavy atom. The molecule has 0 aliphatic heterocycles. The van der Waals surface area contributed by atoms with E-state index in [1.807, 2.05) is 0 Å². The van der Waals surface area contributed by atoms with Gasteiger partial charge in [-0.1, -0.05) is 19.1 Å². The SMILES string of the molecule is CCN(CC)CCCNC(=O)c1ccc(-n2cc(-c3ccc(O)c(O)c3)nn2)cc1. The van der Waals surface area contributed by atoms with Crippen LogP contribution in [0.4, 0.5) is 0 Å². The summed E-state index contributed by atoms with van der Waals surface area (Å²) in [5.41, 5.74) is 2.54. The monoisotopic (exact) mass is 409 g/mol. The second kappa shape index (κ2) is 9.89. The summed E-state index contributed by atoms with van der Waals surface area (Å²) in [5.74, 6) is -0.498. The molecule has 0 aliphatic carbocycles. The van der Waals surface area contributed by atoms with Gasteiger partial charge >= 0.3 is 0 Å². The maximum atomic E-state index is 12.3. The average molecular weight is 409 g/mol. The molecule has 158 valence electrons. The lowest BCUT2D eigenvalue weighted by Gasteiger charge is -2.17. The minimum absolute atomic E-state index is 0.0973. The van der Waals surface area contributed by atoms with Gasteiger partial charge in [0.15, 0.2) is 11.5 Å². The van der Waals surface area contributed by atoms with Gasteiger partial charge in [-0.2, -0.15) is 0 Å². The molecule has 30 heavy (non-hydrogen) atoms. The molecule has 0 saturated carbocycles. The Morgan fingerprint density at radius 1 is 1.07 bits per heavy atom. The number of rotatable bonds is 9. The van der Waals surface area contributed by atoms with Crippen LogP contribution < -0.4 is 5.32 Å². The molecule has 8 nitrogen and oxygen atoms in total. The first-order valence-electron chi connectivity index (χ1n) is 10.1. The minimum Gasteiger partial charge on any atom is -0.504 e. The molecule has 0 atom stereocenters. The molecule has 0 spiro atoms. The van der Waals surface area contributed by atoms with E-state index in [1.165, 1.54) is 12.1 Å². The van der Waals surface area contributed by atoms with Gasteiger partial charge in [0.25, 0.3) is 5.91 Å². The molecule has 3 aromatic rings. The van der Waals surface area contributed by atoms with Crippen molar-refractivity contribution in [2.45, 2.75) is 20.3 Å². The molecule has 0 unspecified atom stereocenters. The number of hydrogen-bond donors (Lipinski definition) is 3. The fourth-order valence-corrected chi connectivity index (χ4v) is 3.12. The zero-order valence-electron chi connectivity index (χ0n) is 17.2. The maximum absolute atomic E-state index is 12.3. The minimum atomic E-state index is -0.213. The van der Waals surface area contributed by atoms with E-state index in [4.69, 9.17) is 0 Å². The van der Waals surface area contributed by atoms with Crippen LogP contribution in [0.1, 0.15) is 30.6 Å². The predicted octanol–water partition coefficient (Wildman–Crippen LogP) is 2.81. The Kier molecular flexibility index (Phi) is 7.03. The molecule has 1 aromatic heterocycles. The molecule has 0 aliphatic rings. The molecule has 8 heteroatoms. The van der Waals surface area contributed by atoms with Crippen LogP contribution in [0.25, 0.3) is 16.9 Å². The molecule has 3 rings (SSSR count). The number of nitrogens with zero attached hydrogens (tertiary/aromatic N) is 4. The van der Waals surface area contributed by atoms with Crippen molar-refractivity contribution in [3.8, 4) is 28.4 Å². The van der Waals surface area contributed by atoms with E-state index in [0.717, 1.165) is 31.7 Å². The number of benzene rings is 2. The van der Waals surface area contributed by atoms with Gasteiger partial charge in [-0.25, -0.2) is 4.68 Å². The molecular formula is C22H27N5O3. The summed E-state index contributed by atoms with van der Waals surface area (Å²) in [5, 5.41) is 30.2. The van der Waals surface area contributed by atoms with Gasteiger partial charge < -0.3 is 20.4 Å². The van der Waals surface area contributed by atoms with Gasteiger partial charge in [-0.3, -0.25) is 4.79 Å². The molecular weight excluding hydrogens is 382 g/mol. The molecule has 0 radical (unpaired) electrons. The van der Waals surface area contributed by atoms with E-state index in [1.54, 1.807) is 41.2 Å². The van der Waals surface area contributed by atoms with Crippen LogP contribution in [-0.2, 0) is 0 Å². The highest BCUT2D eigenvalue weighted by molar-refractivity contribution is 5.94. The van der Waals surface area contributed by atoms with Crippen molar-refractivity contribution in [2.75, 3.05) is 26.2 Å². The van der Waals surface area contributed by atoms with Crippen LogP contribution in [0.3, 0.4) is 0 Å². The number of aromatic nitrogens is 3. The number of amides is 1. The fourth-order valence-electron chi connectivity index (χ4n) is 3.12. The summed E-state index contributed by atoms with van der Waals surface area (Å²) in [4.78, 5) is 14.6. The molecule has 0 bridgehead atoms. The van der Waals surface area contributed by atoms with Crippen LogP contribution in [0.15, 0.2) is 48.7 Å². The van der Waals surface area contributed by atoms with Crippen LogP contribution in [-0.4, -0.2) is 62.2 Å². The summed E-state index contributed by atoms with van der Waals surface area (Å²) in [6.45, 7) is 7.92. The summed E-state index contributed by atoms with van der Waals surface area (Å²) in [6, 6.07) is 11.6. The van der Waals surface area contributed by atoms with E-state index < -0.39 is 0 Å². The Labute approximate surface area is 175 Å². The lowest BCUT2D eigenvalue weighted by Crippen LogP contribution is -2.29. The molecule has 0 fully saturated rings. The first-order chi connectivity index (χ1) is 14.5. The molecule has 2 aromatic carbocycles. The van der Waals surface area contributed by atoms with Crippen molar-refractivity contribution in [1.29, 1.82) is 0 Å². The van der Waals surface area contributed by atoms with Crippen LogP contribution in [0, 0.1) is 0 Å². The highest BCUT2D eigenvalue weighted by Crippen LogP contribution is 2.29. The molecule has 1 amide bonds. The third kappa shape index (κ3) is 5.15. The molecule has 3 N–H and O–H groups in total. The van der Waals surface area contributed by atoms with Crippen molar-refractivity contribution in [1.82, 2.24) is 25.2 Å². The van der Waals surface area contributed by atoms with E-state index in [0.29, 0.717) is 23.4 Å². The number of nitrogens with one attached hydrogen (secondary N) is 1. The highest BCUT2D eigenvalue weighted by Gasteiger charge is 2.10.